The summed E-state index contributed by atoms with van der Waals surface area (Å²) in [5.74, 6) is 1.62. The van der Waals surface area contributed by atoms with Crippen molar-refractivity contribution in [2.75, 3.05) is 12.0 Å². The molecule has 2 bridgehead atoms. The van der Waals surface area contributed by atoms with Gasteiger partial charge in [-0.05, 0) is 37.2 Å². The molecular formula is C15H22O4S. The summed E-state index contributed by atoms with van der Waals surface area (Å²) in [4.78, 5) is 10.4. The first-order chi connectivity index (χ1) is 9.72. The van der Waals surface area contributed by atoms with Crippen molar-refractivity contribution < 1.29 is 19.4 Å². The highest BCUT2D eigenvalue weighted by atomic mass is 32.2. The number of fused-ring (bicyclic) bond motifs is 5. The van der Waals surface area contributed by atoms with Crippen molar-refractivity contribution in [2.45, 2.75) is 50.1 Å². The van der Waals surface area contributed by atoms with E-state index in [1.54, 1.807) is 0 Å². The van der Waals surface area contributed by atoms with Crippen LogP contribution in [0.3, 0.4) is 0 Å². The summed E-state index contributed by atoms with van der Waals surface area (Å²) in [6, 6.07) is 0. The highest BCUT2D eigenvalue weighted by Crippen LogP contribution is 2.55. The van der Waals surface area contributed by atoms with Gasteiger partial charge in [-0.2, -0.15) is 11.8 Å². The minimum absolute atomic E-state index is 0.258. The van der Waals surface area contributed by atoms with Gasteiger partial charge in [0.05, 0.1) is 12.2 Å². The lowest BCUT2D eigenvalue weighted by atomic mass is 9.78. The standard InChI is InChI=1S/C15H22O4S/c1-20-8-10-9(6-4-2-3-5-7-11(16)17)12-14-15(19-14)13(10)18-12/h2,4,9-10,12-15H,3,5-8H2,1H3,(H,16,17)/t9-,10+,12+,13-,14-,15+/m0/s1. The van der Waals surface area contributed by atoms with Crippen LogP contribution in [0.4, 0.5) is 0 Å². The van der Waals surface area contributed by atoms with Gasteiger partial charge in [0.25, 0.3) is 0 Å². The van der Waals surface area contributed by atoms with Crippen molar-refractivity contribution in [3.63, 3.8) is 0 Å². The van der Waals surface area contributed by atoms with Crippen LogP contribution in [-0.2, 0) is 14.3 Å². The molecule has 0 spiro atoms. The number of rotatable bonds is 8. The predicted molar refractivity (Wildman–Crippen MR) is 77.9 cm³/mol. The van der Waals surface area contributed by atoms with E-state index in [0.717, 1.165) is 25.0 Å². The number of unbranched alkanes of at least 4 members (excludes halogenated alkanes) is 1. The SMILES string of the molecule is CSC[C@@H]1[C@H](CC=CCCCC(=O)O)[C@H]2O[C@@H]1[C@H]1O[C@H]12. The molecule has 0 aromatic heterocycles. The van der Waals surface area contributed by atoms with Crippen molar-refractivity contribution in [1.29, 1.82) is 0 Å². The third-order valence-corrected chi connectivity index (χ3v) is 5.33. The second kappa shape index (κ2) is 6.08. The van der Waals surface area contributed by atoms with Crippen molar-refractivity contribution in [3.05, 3.63) is 12.2 Å². The Morgan fingerprint density at radius 3 is 2.55 bits per heavy atom. The maximum absolute atomic E-state index is 10.4. The zero-order chi connectivity index (χ0) is 14.1. The summed E-state index contributed by atoms with van der Waals surface area (Å²) in [6.07, 6.45) is 10.7. The average Bonchev–Trinajstić information content (AvgIpc) is 3.04. The topological polar surface area (TPSA) is 59.1 Å². The molecule has 20 heavy (non-hydrogen) atoms. The van der Waals surface area contributed by atoms with Crippen molar-refractivity contribution >= 4 is 17.7 Å². The maximum atomic E-state index is 10.4. The van der Waals surface area contributed by atoms with Gasteiger partial charge in [0.2, 0.25) is 0 Å². The number of thioether (sulfide) groups is 1. The van der Waals surface area contributed by atoms with Crippen molar-refractivity contribution in [1.82, 2.24) is 0 Å². The minimum Gasteiger partial charge on any atom is -0.481 e. The molecule has 3 aliphatic heterocycles. The van der Waals surface area contributed by atoms with Gasteiger partial charge in [0.1, 0.15) is 12.2 Å². The fourth-order valence-electron chi connectivity index (χ4n) is 3.64. The van der Waals surface area contributed by atoms with E-state index in [0.29, 0.717) is 36.3 Å². The van der Waals surface area contributed by atoms with Crippen LogP contribution in [-0.4, -0.2) is 47.5 Å². The van der Waals surface area contributed by atoms with Crippen LogP contribution in [0.1, 0.15) is 25.7 Å². The lowest BCUT2D eigenvalue weighted by Gasteiger charge is -2.24. The van der Waals surface area contributed by atoms with Gasteiger partial charge in [-0.3, -0.25) is 4.79 Å². The Bertz CT molecular complexity index is 397. The molecule has 0 amide bonds. The van der Waals surface area contributed by atoms with Crippen LogP contribution >= 0.6 is 11.8 Å². The first-order valence-corrected chi connectivity index (χ1v) is 8.78. The Kier molecular flexibility index (Phi) is 4.38. The highest BCUT2D eigenvalue weighted by molar-refractivity contribution is 7.98. The van der Waals surface area contributed by atoms with Gasteiger partial charge >= 0.3 is 5.97 Å². The molecule has 3 aliphatic rings. The van der Waals surface area contributed by atoms with Crippen molar-refractivity contribution in [2.24, 2.45) is 11.8 Å². The monoisotopic (exact) mass is 298 g/mol. The fourth-order valence-corrected chi connectivity index (χ4v) is 4.46. The molecule has 1 N–H and O–H groups in total. The van der Waals surface area contributed by atoms with Crippen LogP contribution in [0.2, 0.25) is 0 Å². The number of ether oxygens (including phenoxy) is 2. The molecule has 5 heteroatoms. The fraction of sp³-hybridized carbons (Fsp3) is 0.800. The molecular weight excluding hydrogens is 276 g/mol. The quantitative estimate of drug-likeness (QED) is 0.423. The zero-order valence-electron chi connectivity index (χ0n) is 11.7. The van der Waals surface area contributed by atoms with E-state index in [1.165, 1.54) is 0 Å². The molecule has 3 heterocycles. The lowest BCUT2D eigenvalue weighted by molar-refractivity contribution is -0.137. The third-order valence-electron chi connectivity index (χ3n) is 4.61. The number of epoxide rings is 1. The van der Waals surface area contributed by atoms with Crippen LogP contribution in [0.15, 0.2) is 12.2 Å². The number of aliphatic carboxylic acids is 1. The molecule has 112 valence electrons. The second-order valence-electron chi connectivity index (χ2n) is 5.91. The van der Waals surface area contributed by atoms with E-state index < -0.39 is 5.97 Å². The molecule has 0 saturated carbocycles. The molecule has 0 aliphatic carbocycles. The molecule has 0 unspecified atom stereocenters. The summed E-state index contributed by atoms with van der Waals surface area (Å²) >= 11 is 1.89. The Labute approximate surface area is 123 Å². The van der Waals surface area contributed by atoms with Crippen LogP contribution in [0.25, 0.3) is 0 Å². The Morgan fingerprint density at radius 2 is 1.85 bits per heavy atom. The predicted octanol–water partition coefficient (Wildman–Crippen LogP) is 2.33. The van der Waals surface area contributed by atoms with E-state index in [4.69, 9.17) is 14.6 Å². The van der Waals surface area contributed by atoms with Gasteiger partial charge < -0.3 is 14.6 Å². The highest BCUT2D eigenvalue weighted by Gasteiger charge is 2.68. The number of allylic oxidation sites excluding steroid dienone is 2. The molecule has 0 radical (unpaired) electrons. The molecule has 0 aromatic carbocycles. The Morgan fingerprint density at radius 1 is 1.15 bits per heavy atom. The number of hydrogen-bond acceptors (Lipinski definition) is 4. The van der Waals surface area contributed by atoms with Gasteiger partial charge in [-0.15, -0.1) is 0 Å². The molecule has 3 fully saturated rings. The van der Waals surface area contributed by atoms with Crippen LogP contribution in [0.5, 0.6) is 0 Å². The van der Waals surface area contributed by atoms with E-state index in [-0.39, 0.29) is 6.42 Å². The number of carboxylic acid groups (broad SMARTS) is 1. The van der Waals surface area contributed by atoms with Crippen molar-refractivity contribution in [3.8, 4) is 0 Å². The van der Waals surface area contributed by atoms with E-state index in [1.807, 2.05) is 11.8 Å². The summed E-state index contributed by atoms with van der Waals surface area (Å²) in [6.45, 7) is 0. The molecule has 6 atom stereocenters. The number of carbonyl (C=O) groups is 1. The summed E-state index contributed by atoms with van der Waals surface area (Å²) in [7, 11) is 0. The smallest absolute Gasteiger partial charge is 0.303 e. The van der Waals surface area contributed by atoms with Crippen LogP contribution in [0, 0.1) is 11.8 Å². The molecule has 0 aromatic rings. The summed E-state index contributed by atoms with van der Waals surface area (Å²) in [5, 5.41) is 8.58. The van der Waals surface area contributed by atoms with Gasteiger partial charge in [-0.25, -0.2) is 0 Å². The molecule has 4 nitrogen and oxygen atoms in total. The maximum Gasteiger partial charge on any atom is 0.303 e. The first kappa shape index (κ1) is 14.4. The minimum atomic E-state index is -0.711. The Hall–Kier alpha value is -0.520. The zero-order valence-corrected chi connectivity index (χ0v) is 12.6. The summed E-state index contributed by atoms with van der Waals surface area (Å²) in [5.41, 5.74) is 0. The van der Waals surface area contributed by atoms with E-state index >= 15 is 0 Å². The van der Waals surface area contributed by atoms with Gasteiger partial charge in [-0.1, -0.05) is 12.2 Å². The van der Waals surface area contributed by atoms with E-state index in [9.17, 15) is 4.79 Å². The normalized spacial score (nSPS) is 41.2. The second-order valence-corrected chi connectivity index (χ2v) is 6.82. The first-order valence-electron chi connectivity index (χ1n) is 7.39. The van der Waals surface area contributed by atoms with E-state index in [2.05, 4.69) is 18.4 Å². The molecule has 3 saturated heterocycles. The summed E-state index contributed by atoms with van der Waals surface area (Å²) < 4.78 is 11.8. The van der Waals surface area contributed by atoms with Gasteiger partial charge in [0, 0.05) is 12.3 Å². The molecule has 3 rings (SSSR count). The number of carboxylic acids is 1. The number of hydrogen-bond donors (Lipinski definition) is 1. The van der Waals surface area contributed by atoms with Gasteiger partial charge in [0.15, 0.2) is 0 Å². The third kappa shape index (κ3) is 2.76. The lowest BCUT2D eigenvalue weighted by Crippen LogP contribution is -2.34. The Balaban J connectivity index is 1.46. The largest absolute Gasteiger partial charge is 0.481 e. The average molecular weight is 298 g/mol. The van der Waals surface area contributed by atoms with Crippen LogP contribution < -0.4 is 0 Å².